The number of nitrogens with zero attached hydrogens (tertiary/aromatic N) is 1. The molecule has 0 bridgehead atoms. The van der Waals surface area contributed by atoms with Gasteiger partial charge in [0.2, 0.25) is 18.2 Å². The summed E-state index contributed by atoms with van der Waals surface area (Å²) in [5, 5.41) is 11.5. The van der Waals surface area contributed by atoms with Gasteiger partial charge in [0.25, 0.3) is 0 Å². The molecule has 0 spiro atoms. The number of primary amides is 1. The molecule has 1 aliphatic heterocycles. The van der Waals surface area contributed by atoms with Crippen LogP contribution in [-0.2, 0) is 14.4 Å². The molecule has 7 nitrogen and oxygen atoms in total. The molecule has 2 atom stereocenters. The van der Waals surface area contributed by atoms with Crippen molar-refractivity contribution in [2.75, 3.05) is 13.1 Å². The first-order valence-electron chi connectivity index (χ1n) is 4.50. The number of likely N-dealkylation sites (tertiary alicyclic amines) is 1. The van der Waals surface area contributed by atoms with E-state index in [1.54, 1.807) is 0 Å². The Hall–Kier alpha value is -1.63. The summed E-state index contributed by atoms with van der Waals surface area (Å²) in [6.45, 7) is -0.118. The summed E-state index contributed by atoms with van der Waals surface area (Å²) in [6, 6.07) is -0.777. The van der Waals surface area contributed by atoms with E-state index in [2.05, 4.69) is 5.32 Å². The predicted octanol–water partition coefficient (Wildman–Crippen LogP) is -2.82. The third-order valence-electron chi connectivity index (χ3n) is 2.26. The normalized spacial score (nSPS) is 25.0. The molecule has 1 aliphatic rings. The zero-order valence-corrected chi connectivity index (χ0v) is 8.05. The van der Waals surface area contributed by atoms with E-state index in [-0.39, 0.29) is 19.5 Å². The molecule has 0 aliphatic carbocycles. The summed E-state index contributed by atoms with van der Waals surface area (Å²) in [5.41, 5.74) is 5.08. The summed E-state index contributed by atoms with van der Waals surface area (Å²) >= 11 is 0. The fraction of sp³-hybridized carbons (Fsp3) is 0.625. The summed E-state index contributed by atoms with van der Waals surface area (Å²) in [5.74, 6) is -1.08. The van der Waals surface area contributed by atoms with Crippen LogP contribution in [0.3, 0.4) is 0 Å². The van der Waals surface area contributed by atoms with E-state index >= 15 is 0 Å². The Morgan fingerprint density at radius 1 is 1.60 bits per heavy atom. The van der Waals surface area contributed by atoms with E-state index in [9.17, 15) is 19.5 Å². The van der Waals surface area contributed by atoms with Gasteiger partial charge in [0.05, 0.1) is 12.6 Å². The van der Waals surface area contributed by atoms with Gasteiger partial charge in [-0.15, -0.1) is 0 Å². The minimum atomic E-state index is -0.777. The summed E-state index contributed by atoms with van der Waals surface area (Å²) in [6.07, 6.45) is -0.186. The number of carbonyl (C=O) groups is 3. The minimum absolute atomic E-state index is 0.0764. The number of carbonyl (C=O) groups excluding carboxylic acids is 3. The SMILES string of the molecule is NC(=O)[C@@H]1C[C@H](O)CN1C(=O)CNC=O. The zero-order valence-electron chi connectivity index (χ0n) is 8.05. The van der Waals surface area contributed by atoms with Crippen molar-refractivity contribution in [1.82, 2.24) is 10.2 Å². The Morgan fingerprint density at radius 3 is 2.80 bits per heavy atom. The monoisotopic (exact) mass is 215 g/mol. The second-order valence-electron chi connectivity index (χ2n) is 3.35. The van der Waals surface area contributed by atoms with E-state index in [1.165, 1.54) is 4.90 Å². The van der Waals surface area contributed by atoms with E-state index in [0.717, 1.165) is 0 Å². The molecule has 0 radical (unpaired) electrons. The van der Waals surface area contributed by atoms with Crippen LogP contribution in [0.5, 0.6) is 0 Å². The molecule has 1 saturated heterocycles. The fourth-order valence-electron chi connectivity index (χ4n) is 1.59. The van der Waals surface area contributed by atoms with Crippen LogP contribution in [0.4, 0.5) is 0 Å². The quantitative estimate of drug-likeness (QED) is 0.439. The number of hydrogen-bond acceptors (Lipinski definition) is 4. The lowest BCUT2D eigenvalue weighted by Gasteiger charge is -2.21. The number of hydrogen-bond donors (Lipinski definition) is 3. The smallest absolute Gasteiger partial charge is 0.242 e. The Balaban J connectivity index is 2.62. The first-order valence-corrected chi connectivity index (χ1v) is 4.50. The van der Waals surface area contributed by atoms with Crippen molar-refractivity contribution in [2.24, 2.45) is 5.73 Å². The number of amides is 3. The first kappa shape index (κ1) is 11.4. The van der Waals surface area contributed by atoms with Gasteiger partial charge in [-0.1, -0.05) is 0 Å². The van der Waals surface area contributed by atoms with Gasteiger partial charge in [-0.05, 0) is 0 Å². The van der Waals surface area contributed by atoms with Crippen LogP contribution in [0, 0.1) is 0 Å². The number of rotatable bonds is 4. The highest BCUT2D eigenvalue weighted by atomic mass is 16.3. The van der Waals surface area contributed by atoms with Crippen molar-refractivity contribution < 1.29 is 19.5 Å². The lowest BCUT2D eigenvalue weighted by atomic mass is 10.2. The van der Waals surface area contributed by atoms with E-state index in [1.807, 2.05) is 0 Å². The molecule has 15 heavy (non-hydrogen) atoms. The lowest BCUT2D eigenvalue weighted by Crippen LogP contribution is -2.46. The standard InChI is InChI=1S/C8H13N3O4/c9-8(15)6-1-5(13)3-11(6)7(14)2-10-4-12/h4-6,13H,1-3H2,(H2,9,15)(H,10,12)/t5-,6-/m0/s1. The molecule has 0 saturated carbocycles. The molecule has 0 aromatic rings. The number of aliphatic hydroxyl groups excluding tert-OH is 1. The van der Waals surface area contributed by atoms with Gasteiger partial charge in [-0.3, -0.25) is 14.4 Å². The lowest BCUT2D eigenvalue weighted by molar-refractivity contribution is -0.137. The maximum Gasteiger partial charge on any atom is 0.242 e. The van der Waals surface area contributed by atoms with Gasteiger partial charge >= 0.3 is 0 Å². The molecule has 0 unspecified atom stereocenters. The van der Waals surface area contributed by atoms with Crippen molar-refractivity contribution in [1.29, 1.82) is 0 Å². The fourth-order valence-corrected chi connectivity index (χ4v) is 1.59. The molecular formula is C8H13N3O4. The number of nitrogens with two attached hydrogens (primary N) is 1. The summed E-state index contributed by atoms with van der Waals surface area (Å²) < 4.78 is 0. The van der Waals surface area contributed by atoms with Crippen molar-refractivity contribution in [3.05, 3.63) is 0 Å². The number of nitrogens with one attached hydrogen (secondary N) is 1. The average Bonchev–Trinajstić information content (AvgIpc) is 2.57. The van der Waals surface area contributed by atoms with Crippen LogP contribution in [-0.4, -0.2) is 53.5 Å². The third-order valence-corrected chi connectivity index (χ3v) is 2.26. The van der Waals surface area contributed by atoms with E-state index in [4.69, 9.17) is 5.73 Å². The van der Waals surface area contributed by atoms with E-state index < -0.39 is 24.0 Å². The van der Waals surface area contributed by atoms with Crippen molar-refractivity contribution >= 4 is 18.2 Å². The minimum Gasteiger partial charge on any atom is -0.391 e. The van der Waals surface area contributed by atoms with Crippen LogP contribution in [0.25, 0.3) is 0 Å². The number of aliphatic hydroxyl groups is 1. The summed E-state index contributed by atoms with van der Waals surface area (Å²) in [7, 11) is 0. The van der Waals surface area contributed by atoms with E-state index in [0.29, 0.717) is 6.41 Å². The van der Waals surface area contributed by atoms with Gasteiger partial charge in [-0.25, -0.2) is 0 Å². The highest BCUT2D eigenvalue weighted by Gasteiger charge is 2.37. The van der Waals surface area contributed by atoms with Crippen LogP contribution < -0.4 is 11.1 Å². The molecule has 7 heteroatoms. The van der Waals surface area contributed by atoms with Gasteiger partial charge in [0, 0.05) is 13.0 Å². The molecule has 0 aromatic carbocycles. The van der Waals surface area contributed by atoms with Gasteiger partial charge in [0.1, 0.15) is 6.04 Å². The Labute approximate surface area is 86.2 Å². The van der Waals surface area contributed by atoms with Crippen molar-refractivity contribution in [3.63, 3.8) is 0 Å². The van der Waals surface area contributed by atoms with Crippen molar-refractivity contribution in [3.8, 4) is 0 Å². The third kappa shape index (κ3) is 2.66. The van der Waals surface area contributed by atoms with Gasteiger partial charge in [-0.2, -0.15) is 0 Å². The Kier molecular flexibility index (Phi) is 3.62. The average molecular weight is 215 g/mol. The van der Waals surface area contributed by atoms with Gasteiger partial charge < -0.3 is 21.1 Å². The Morgan fingerprint density at radius 2 is 2.27 bits per heavy atom. The molecule has 1 rings (SSSR count). The van der Waals surface area contributed by atoms with Crippen LogP contribution in [0.15, 0.2) is 0 Å². The van der Waals surface area contributed by atoms with Gasteiger partial charge in [0.15, 0.2) is 0 Å². The second kappa shape index (κ2) is 4.74. The molecule has 84 valence electrons. The molecule has 1 heterocycles. The molecule has 0 aromatic heterocycles. The maximum atomic E-state index is 11.5. The summed E-state index contributed by atoms with van der Waals surface area (Å²) in [4.78, 5) is 33.6. The molecule has 3 amide bonds. The van der Waals surface area contributed by atoms with Crippen LogP contribution in [0.2, 0.25) is 0 Å². The molecular weight excluding hydrogens is 202 g/mol. The Bertz CT molecular complexity index is 281. The van der Waals surface area contributed by atoms with Crippen molar-refractivity contribution in [2.45, 2.75) is 18.6 Å². The maximum absolute atomic E-state index is 11.5. The zero-order chi connectivity index (χ0) is 11.4. The highest BCUT2D eigenvalue weighted by Crippen LogP contribution is 2.17. The second-order valence-corrected chi connectivity index (χ2v) is 3.35. The van der Waals surface area contributed by atoms with Crippen LogP contribution >= 0.6 is 0 Å². The largest absolute Gasteiger partial charge is 0.391 e. The van der Waals surface area contributed by atoms with Crippen LogP contribution in [0.1, 0.15) is 6.42 Å². The highest BCUT2D eigenvalue weighted by molar-refractivity contribution is 5.88. The first-order chi connectivity index (χ1) is 7.06. The number of β-amino-alcohol motifs (C(OH)–C–C–N with tert-alkyl or cyclic N) is 1. The molecule has 1 fully saturated rings. The topological polar surface area (TPSA) is 113 Å². The molecule has 4 N–H and O–H groups in total. The predicted molar refractivity (Wildman–Crippen MR) is 49.4 cm³/mol.